The molecule has 0 radical (unpaired) electrons. The van der Waals surface area contributed by atoms with E-state index in [2.05, 4.69) is 45.0 Å². The molecular formula is C18H24ClN3O. The first kappa shape index (κ1) is 17.5. The summed E-state index contributed by atoms with van der Waals surface area (Å²) in [6.07, 6.45) is 0. The van der Waals surface area contributed by atoms with Gasteiger partial charge in [-0.2, -0.15) is 5.10 Å². The number of amides is 1. The van der Waals surface area contributed by atoms with Gasteiger partial charge in [-0.15, -0.1) is 0 Å². The molecular weight excluding hydrogens is 310 g/mol. The Morgan fingerprint density at radius 1 is 1.26 bits per heavy atom. The quantitative estimate of drug-likeness (QED) is 0.861. The zero-order valence-corrected chi connectivity index (χ0v) is 15.3. The molecule has 0 atom stereocenters. The topological polar surface area (TPSA) is 46.9 Å². The highest BCUT2D eigenvalue weighted by atomic mass is 35.5. The lowest BCUT2D eigenvalue weighted by molar-refractivity contribution is 0.102. The van der Waals surface area contributed by atoms with E-state index in [-0.39, 0.29) is 17.4 Å². The molecule has 0 bridgehead atoms. The summed E-state index contributed by atoms with van der Waals surface area (Å²) in [5.41, 5.74) is 2.91. The molecule has 0 aliphatic rings. The third-order valence-electron chi connectivity index (χ3n) is 3.57. The van der Waals surface area contributed by atoms with Crippen LogP contribution in [0.15, 0.2) is 24.3 Å². The van der Waals surface area contributed by atoms with E-state index in [9.17, 15) is 4.79 Å². The van der Waals surface area contributed by atoms with Crippen molar-refractivity contribution < 1.29 is 4.79 Å². The summed E-state index contributed by atoms with van der Waals surface area (Å²) in [6.45, 7) is 12.4. The van der Waals surface area contributed by atoms with Crippen LogP contribution in [-0.2, 0) is 5.54 Å². The van der Waals surface area contributed by atoms with Gasteiger partial charge in [-0.3, -0.25) is 9.48 Å². The van der Waals surface area contributed by atoms with Crippen molar-refractivity contribution in [1.82, 2.24) is 9.78 Å². The molecule has 0 fully saturated rings. The van der Waals surface area contributed by atoms with Crippen LogP contribution in [0.25, 0.3) is 0 Å². The summed E-state index contributed by atoms with van der Waals surface area (Å²) >= 11 is 6.18. The number of rotatable bonds is 3. The Morgan fingerprint density at radius 2 is 1.91 bits per heavy atom. The molecule has 1 aromatic carbocycles. The Labute approximate surface area is 142 Å². The lowest BCUT2D eigenvalue weighted by atomic mass is 10.1. The van der Waals surface area contributed by atoms with Gasteiger partial charge in [-0.05, 0) is 57.4 Å². The van der Waals surface area contributed by atoms with Gasteiger partial charge < -0.3 is 5.32 Å². The van der Waals surface area contributed by atoms with Crippen molar-refractivity contribution in [3.05, 3.63) is 46.2 Å². The number of nitrogens with one attached hydrogen (secondary N) is 1. The highest BCUT2D eigenvalue weighted by Crippen LogP contribution is 2.26. The Bertz CT molecular complexity index is 726. The number of aryl methyl sites for hydroxylation is 1. The van der Waals surface area contributed by atoms with Gasteiger partial charge in [0, 0.05) is 5.69 Å². The molecule has 2 rings (SSSR count). The van der Waals surface area contributed by atoms with Crippen molar-refractivity contribution in [3.63, 3.8) is 0 Å². The molecule has 1 amide bonds. The van der Waals surface area contributed by atoms with Crippen molar-refractivity contribution in [2.75, 3.05) is 5.32 Å². The summed E-state index contributed by atoms with van der Waals surface area (Å²) in [5.74, 6) is 0.0342. The van der Waals surface area contributed by atoms with Crippen molar-refractivity contribution in [2.24, 2.45) is 0 Å². The SMILES string of the molecule is Cc1ccc(NC(=O)c2cc(C(C)C)n(C(C)(C)C)n2)c(Cl)c1. The second kappa shape index (κ2) is 6.36. The molecule has 0 aliphatic carbocycles. The van der Waals surface area contributed by atoms with Gasteiger partial charge in [0.2, 0.25) is 0 Å². The molecule has 0 aliphatic heterocycles. The monoisotopic (exact) mass is 333 g/mol. The van der Waals surface area contributed by atoms with E-state index in [1.165, 1.54) is 0 Å². The molecule has 1 aromatic heterocycles. The molecule has 1 N–H and O–H groups in total. The minimum Gasteiger partial charge on any atom is -0.319 e. The van der Waals surface area contributed by atoms with E-state index in [1.54, 1.807) is 6.07 Å². The molecule has 124 valence electrons. The third kappa shape index (κ3) is 3.94. The van der Waals surface area contributed by atoms with Gasteiger partial charge in [-0.25, -0.2) is 0 Å². The second-order valence-electron chi connectivity index (χ2n) is 7.13. The fourth-order valence-corrected chi connectivity index (χ4v) is 2.65. The molecule has 1 heterocycles. The first-order valence-electron chi connectivity index (χ1n) is 7.77. The van der Waals surface area contributed by atoms with Gasteiger partial charge in [-0.1, -0.05) is 31.5 Å². The highest BCUT2D eigenvalue weighted by Gasteiger charge is 2.23. The summed E-state index contributed by atoms with van der Waals surface area (Å²) in [4.78, 5) is 12.5. The Morgan fingerprint density at radius 3 is 2.39 bits per heavy atom. The Balaban J connectivity index is 2.33. The predicted octanol–water partition coefficient (Wildman–Crippen LogP) is 4.98. The molecule has 23 heavy (non-hydrogen) atoms. The van der Waals surface area contributed by atoms with E-state index in [0.717, 1.165) is 11.3 Å². The van der Waals surface area contributed by atoms with Gasteiger partial charge in [0.1, 0.15) is 0 Å². The fraction of sp³-hybridized carbons (Fsp3) is 0.444. The maximum Gasteiger partial charge on any atom is 0.276 e. The number of anilines is 1. The van der Waals surface area contributed by atoms with Gasteiger partial charge in [0.25, 0.3) is 5.91 Å². The average molecular weight is 334 g/mol. The minimum absolute atomic E-state index is 0.181. The second-order valence-corrected chi connectivity index (χ2v) is 7.54. The predicted molar refractivity (Wildman–Crippen MR) is 95.5 cm³/mol. The van der Waals surface area contributed by atoms with Crippen molar-refractivity contribution in [1.29, 1.82) is 0 Å². The zero-order chi connectivity index (χ0) is 17.4. The molecule has 0 spiro atoms. The van der Waals surface area contributed by atoms with Crippen molar-refractivity contribution in [3.8, 4) is 0 Å². The minimum atomic E-state index is -0.249. The number of nitrogens with zero attached hydrogens (tertiary/aromatic N) is 2. The standard InChI is InChI=1S/C18H24ClN3O/c1-11(2)16-10-15(21-22(16)18(4,5)6)17(23)20-14-8-7-12(3)9-13(14)19/h7-11H,1-6H3,(H,20,23). The van der Waals surface area contributed by atoms with Gasteiger partial charge >= 0.3 is 0 Å². The fourth-order valence-electron chi connectivity index (χ4n) is 2.36. The zero-order valence-electron chi connectivity index (χ0n) is 14.6. The largest absolute Gasteiger partial charge is 0.319 e. The van der Waals surface area contributed by atoms with Crippen molar-refractivity contribution in [2.45, 2.75) is 53.0 Å². The van der Waals surface area contributed by atoms with Crippen LogP contribution < -0.4 is 5.32 Å². The van der Waals surface area contributed by atoms with Crippen LogP contribution in [-0.4, -0.2) is 15.7 Å². The number of hydrogen-bond donors (Lipinski definition) is 1. The average Bonchev–Trinajstić information content (AvgIpc) is 2.87. The van der Waals surface area contributed by atoms with Crippen LogP contribution in [0.4, 0.5) is 5.69 Å². The van der Waals surface area contributed by atoms with E-state index in [0.29, 0.717) is 16.4 Å². The number of benzene rings is 1. The molecule has 0 saturated carbocycles. The maximum absolute atomic E-state index is 12.5. The first-order chi connectivity index (χ1) is 10.6. The number of carbonyl (C=O) groups excluding carboxylic acids is 1. The van der Waals surface area contributed by atoms with E-state index in [1.807, 2.05) is 29.8 Å². The lowest BCUT2D eigenvalue weighted by Gasteiger charge is -2.23. The molecule has 0 unspecified atom stereocenters. The molecule has 5 heteroatoms. The van der Waals surface area contributed by atoms with E-state index < -0.39 is 0 Å². The number of hydrogen-bond acceptors (Lipinski definition) is 2. The number of carbonyl (C=O) groups is 1. The number of halogens is 1. The van der Waals surface area contributed by atoms with E-state index in [4.69, 9.17) is 11.6 Å². The normalized spacial score (nSPS) is 11.8. The maximum atomic E-state index is 12.5. The van der Waals surface area contributed by atoms with Crippen LogP contribution >= 0.6 is 11.6 Å². The van der Waals surface area contributed by atoms with Crippen LogP contribution in [0, 0.1) is 6.92 Å². The molecule has 2 aromatic rings. The van der Waals surface area contributed by atoms with Gasteiger partial charge in [0.05, 0.1) is 16.2 Å². The van der Waals surface area contributed by atoms with Crippen LogP contribution in [0.3, 0.4) is 0 Å². The van der Waals surface area contributed by atoms with Crippen molar-refractivity contribution >= 4 is 23.2 Å². The van der Waals surface area contributed by atoms with Crippen LogP contribution in [0.2, 0.25) is 5.02 Å². The highest BCUT2D eigenvalue weighted by molar-refractivity contribution is 6.34. The summed E-state index contributed by atoms with van der Waals surface area (Å²) in [6, 6.07) is 7.40. The smallest absolute Gasteiger partial charge is 0.276 e. The Kier molecular flexibility index (Phi) is 4.85. The molecule has 4 nitrogen and oxygen atoms in total. The third-order valence-corrected chi connectivity index (χ3v) is 3.88. The van der Waals surface area contributed by atoms with Crippen LogP contribution in [0.1, 0.15) is 62.3 Å². The van der Waals surface area contributed by atoms with Crippen LogP contribution in [0.5, 0.6) is 0 Å². The molecule has 0 saturated heterocycles. The van der Waals surface area contributed by atoms with Gasteiger partial charge in [0.15, 0.2) is 5.69 Å². The summed E-state index contributed by atoms with van der Waals surface area (Å²) < 4.78 is 1.92. The lowest BCUT2D eigenvalue weighted by Crippen LogP contribution is -2.26. The summed E-state index contributed by atoms with van der Waals surface area (Å²) in [7, 11) is 0. The number of aromatic nitrogens is 2. The van der Waals surface area contributed by atoms with E-state index >= 15 is 0 Å². The summed E-state index contributed by atoms with van der Waals surface area (Å²) in [5, 5.41) is 7.87. The first-order valence-corrected chi connectivity index (χ1v) is 8.15. The Hall–Kier alpha value is -1.81.